The van der Waals surface area contributed by atoms with Crippen LogP contribution in [0.5, 0.6) is 0 Å². The molecule has 0 aromatic heterocycles. The highest BCUT2D eigenvalue weighted by Crippen LogP contribution is 2.12. The molecule has 1 atom stereocenters. The lowest BCUT2D eigenvalue weighted by atomic mass is 10.1. The largest absolute Gasteiger partial charge is 0.462 e. The van der Waals surface area contributed by atoms with Gasteiger partial charge in [0.05, 0.1) is 0 Å². The van der Waals surface area contributed by atoms with Gasteiger partial charge in [0.25, 0.3) is 0 Å². The molecular weight excluding hydrogens is 721 g/mol. The standard InChI is InChI=1S/C52H84O6/c1-4-7-10-13-16-19-22-24-26-28-30-33-36-39-42-45-51(54)57-48-49(47-56-50(53)44-41-38-35-32-21-18-15-12-9-6-3)58-52(55)46-43-40-37-34-31-29-27-25-23-20-17-14-11-8-5-2/h7-8,10-12,15-17,19-20,24-27,30,33,49H,4-6,9,13-14,18,21-23,28-29,31-32,34-48H2,1-3H3/b10-7-,11-8-,15-12-,19-16-,20-17-,26-24-,27-25-,33-30-. The maximum Gasteiger partial charge on any atom is 0.306 e. The van der Waals surface area contributed by atoms with Crippen LogP contribution in [0.3, 0.4) is 0 Å². The molecule has 0 rings (SSSR count). The Kier molecular flexibility index (Phi) is 43.1. The van der Waals surface area contributed by atoms with Gasteiger partial charge in [-0.25, -0.2) is 0 Å². The molecule has 328 valence electrons. The van der Waals surface area contributed by atoms with Gasteiger partial charge in [-0.05, 0) is 109 Å². The van der Waals surface area contributed by atoms with E-state index in [4.69, 9.17) is 14.2 Å². The van der Waals surface area contributed by atoms with E-state index in [1.54, 1.807) is 0 Å². The van der Waals surface area contributed by atoms with E-state index in [9.17, 15) is 14.4 Å². The van der Waals surface area contributed by atoms with Crippen molar-refractivity contribution in [2.45, 2.75) is 200 Å². The van der Waals surface area contributed by atoms with E-state index in [0.717, 1.165) is 141 Å². The van der Waals surface area contributed by atoms with Crippen molar-refractivity contribution in [3.05, 3.63) is 97.2 Å². The van der Waals surface area contributed by atoms with Gasteiger partial charge in [-0.3, -0.25) is 14.4 Å². The summed E-state index contributed by atoms with van der Waals surface area (Å²) in [4.78, 5) is 37.8. The van der Waals surface area contributed by atoms with Gasteiger partial charge in [-0.15, -0.1) is 0 Å². The van der Waals surface area contributed by atoms with Gasteiger partial charge in [0, 0.05) is 19.3 Å². The lowest BCUT2D eigenvalue weighted by molar-refractivity contribution is -0.167. The minimum atomic E-state index is -0.806. The summed E-state index contributed by atoms with van der Waals surface area (Å²) in [6.45, 7) is 6.26. The normalized spacial score (nSPS) is 12.9. The van der Waals surface area contributed by atoms with Crippen LogP contribution in [0.1, 0.15) is 194 Å². The molecule has 0 aliphatic heterocycles. The average molecular weight is 805 g/mol. The highest BCUT2D eigenvalue weighted by molar-refractivity contribution is 5.71. The molecule has 0 aliphatic rings. The molecular formula is C52H84O6. The summed E-state index contributed by atoms with van der Waals surface area (Å²) in [6, 6.07) is 0. The molecule has 0 N–H and O–H groups in total. The van der Waals surface area contributed by atoms with Crippen LogP contribution in [0.25, 0.3) is 0 Å². The van der Waals surface area contributed by atoms with Crippen LogP contribution in [0.15, 0.2) is 97.2 Å². The van der Waals surface area contributed by atoms with Crippen LogP contribution in [0.2, 0.25) is 0 Å². The third-order valence-corrected chi connectivity index (χ3v) is 9.28. The highest BCUT2D eigenvalue weighted by Gasteiger charge is 2.19. The number of allylic oxidation sites excluding steroid dienone is 16. The zero-order chi connectivity index (χ0) is 42.3. The molecule has 6 heteroatoms. The molecule has 0 fully saturated rings. The molecule has 0 amide bonds. The molecule has 0 aromatic rings. The van der Waals surface area contributed by atoms with Crippen LogP contribution in [-0.2, 0) is 28.6 Å². The number of ether oxygens (including phenoxy) is 3. The first kappa shape index (κ1) is 54.3. The fourth-order valence-corrected chi connectivity index (χ4v) is 5.86. The first-order valence-corrected chi connectivity index (χ1v) is 23.2. The summed E-state index contributed by atoms with van der Waals surface area (Å²) in [5.41, 5.74) is 0. The molecule has 0 aliphatic carbocycles. The Morgan fingerprint density at radius 3 is 1.10 bits per heavy atom. The molecule has 0 spiro atoms. The van der Waals surface area contributed by atoms with Crippen molar-refractivity contribution in [1.29, 1.82) is 0 Å². The Balaban J connectivity index is 4.50. The molecule has 0 radical (unpaired) electrons. The number of rotatable bonds is 40. The zero-order valence-corrected chi connectivity index (χ0v) is 37.3. The fraction of sp³-hybridized carbons (Fsp3) is 0.635. The predicted molar refractivity (Wildman–Crippen MR) is 247 cm³/mol. The molecule has 58 heavy (non-hydrogen) atoms. The Bertz CT molecular complexity index is 1200. The second-order valence-electron chi connectivity index (χ2n) is 14.9. The summed E-state index contributed by atoms with van der Waals surface area (Å²) in [5.74, 6) is -0.984. The lowest BCUT2D eigenvalue weighted by Gasteiger charge is -2.18. The minimum Gasteiger partial charge on any atom is -0.462 e. The summed E-state index contributed by atoms with van der Waals surface area (Å²) < 4.78 is 16.7. The van der Waals surface area contributed by atoms with E-state index in [0.29, 0.717) is 19.3 Å². The molecule has 6 nitrogen and oxygen atoms in total. The van der Waals surface area contributed by atoms with E-state index in [1.807, 2.05) is 0 Å². The number of carbonyl (C=O) groups excluding carboxylic acids is 3. The lowest BCUT2D eigenvalue weighted by Crippen LogP contribution is -2.30. The van der Waals surface area contributed by atoms with Gasteiger partial charge < -0.3 is 14.2 Å². The Morgan fingerprint density at radius 1 is 0.362 bits per heavy atom. The molecule has 1 unspecified atom stereocenters. The van der Waals surface area contributed by atoms with E-state index < -0.39 is 6.10 Å². The quantitative estimate of drug-likeness (QED) is 0.0266. The van der Waals surface area contributed by atoms with Crippen molar-refractivity contribution in [3.63, 3.8) is 0 Å². The van der Waals surface area contributed by atoms with Crippen molar-refractivity contribution >= 4 is 17.9 Å². The third kappa shape index (κ3) is 43.5. The van der Waals surface area contributed by atoms with Crippen molar-refractivity contribution in [2.24, 2.45) is 0 Å². The molecule has 0 bridgehead atoms. The van der Waals surface area contributed by atoms with Crippen LogP contribution in [-0.4, -0.2) is 37.2 Å². The summed E-state index contributed by atoms with van der Waals surface area (Å²) in [7, 11) is 0. The van der Waals surface area contributed by atoms with Gasteiger partial charge in [-0.1, -0.05) is 163 Å². The smallest absolute Gasteiger partial charge is 0.306 e. The maximum atomic E-state index is 12.7. The minimum absolute atomic E-state index is 0.104. The number of carbonyl (C=O) groups is 3. The van der Waals surface area contributed by atoms with Gasteiger partial charge in [-0.2, -0.15) is 0 Å². The van der Waals surface area contributed by atoms with Crippen LogP contribution in [0.4, 0.5) is 0 Å². The van der Waals surface area contributed by atoms with E-state index >= 15 is 0 Å². The fourth-order valence-electron chi connectivity index (χ4n) is 5.86. The number of hydrogen-bond acceptors (Lipinski definition) is 6. The molecule has 0 heterocycles. The van der Waals surface area contributed by atoms with Crippen LogP contribution in [0, 0.1) is 0 Å². The summed E-state index contributed by atoms with van der Waals surface area (Å²) in [6.07, 6.45) is 59.6. The topological polar surface area (TPSA) is 78.9 Å². The summed E-state index contributed by atoms with van der Waals surface area (Å²) in [5, 5.41) is 0. The Labute approximate surface area is 356 Å². The predicted octanol–water partition coefficient (Wildman–Crippen LogP) is 15.0. The molecule has 0 saturated heterocycles. The van der Waals surface area contributed by atoms with Crippen molar-refractivity contribution in [1.82, 2.24) is 0 Å². The van der Waals surface area contributed by atoms with E-state index in [2.05, 4.69) is 118 Å². The molecule has 0 aromatic carbocycles. The number of unbranched alkanes of at least 4 members (excludes halogenated alkanes) is 13. The van der Waals surface area contributed by atoms with Crippen LogP contribution >= 0.6 is 0 Å². The second-order valence-corrected chi connectivity index (χ2v) is 14.9. The van der Waals surface area contributed by atoms with Gasteiger partial charge in [0.1, 0.15) is 13.2 Å². The second kappa shape index (κ2) is 46.0. The maximum absolute atomic E-state index is 12.7. The monoisotopic (exact) mass is 805 g/mol. The summed E-state index contributed by atoms with van der Waals surface area (Å²) >= 11 is 0. The highest BCUT2D eigenvalue weighted by atomic mass is 16.6. The molecule has 0 saturated carbocycles. The van der Waals surface area contributed by atoms with Gasteiger partial charge in [0.2, 0.25) is 0 Å². The first-order chi connectivity index (χ1) is 28.5. The third-order valence-electron chi connectivity index (χ3n) is 9.28. The SMILES string of the molecule is CC/C=C\C/C=C\C/C=C\C/C=C\CCCCC(=O)OCC(COC(=O)CCCCCCC/C=C\CCC)OC(=O)CCCCCCC/C=C\C/C=C\C/C=C\CC. The van der Waals surface area contributed by atoms with E-state index in [1.165, 1.54) is 12.8 Å². The number of esters is 3. The van der Waals surface area contributed by atoms with E-state index in [-0.39, 0.29) is 31.1 Å². The number of hydrogen-bond donors (Lipinski definition) is 0. The Hall–Kier alpha value is -3.67. The zero-order valence-electron chi connectivity index (χ0n) is 37.3. The van der Waals surface area contributed by atoms with Crippen LogP contribution < -0.4 is 0 Å². The van der Waals surface area contributed by atoms with Crippen molar-refractivity contribution < 1.29 is 28.6 Å². The average Bonchev–Trinajstić information content (AvgIpc) is 3.22. The first-order valence-electron chi connectivity index (χ1n) is 23.2. The Morgan fingerprint density at radius 2 is 0.672 bits per heavy atom. The van der Waals surface area contributed by atoms with Crippen molar-refractivity contribution in [2.75, 3.05) is 13.2 Å². The van der Waals surface area contributed by atoms with Gasteiger partial charge in [0.15, 0.2) is 6.10 Å². The van der Waals surface area contributed by atoms with Gasteiger partial charge >= 0.3 is 17.9 Å². The van der Waals surface area contributed by atoms with Crippen molar-refractivity contribution in [3.8, 4) is 0 Å².